The normalized spacial score (nSPS) is 10.7. The molecule has 0 bridgehead atoms. The molecule has 0 saturated heterocycles. The fourth-order valence-corrected chi connectivity index (χ4v) is 3.45. The monoisotopic (exact) mass is 398 g/mol. The minimum Gasteiger partial charge on any atom is -0.468 e. The molecule has 0 unspecified atom stereocenters. The summed E-state index contributed by atoms with van der Waals surface area (Å²) in [5.74, 6) is 0.445. The van der Waals surface area contributed by atoms with E-state index in [-0.39, 0.29) is 18.9 Å². The molecule has 2 aromatic heterocycles. The number of thiophene rings is 1. The number of ether oxygens (including phenoxy) is 1. The minimum absolute atomic E-state index is 0.0591. The fraction of sp³-hybridized carbons (Fsp3) is 0.286. The molecule has 0 aliphatic heterocycles. The van der Waals surface area contributed by atoms with Gasteiger partial charge in [0.05, 0.1) is 24.1 Å². The van der Waals surface area contributed by atoms with E-state index < -0.39 is 5.97 Å². The predicted molar refractivity (Wildman–Crippen MR) is 107 cm³/mol. The van der Waals surface area contributed by atoms with Crippen molar-refractivity contribution in [2.75, 3.05) is 13.7 Å². The fourth-order valence-electron chi connectivity index (χ4n) is 2.80. The number of amides is 1. The molecule has 0 saturated carbocycles. The molecular formula is C21H22N2O4S. The Labute approximate surface area is 167 Å². The number of benzene rings is 1. The van der Waals surface area contributed by atoms with Gasteiger partial charge in [0.1, 0.15) is 12.3 Å². The van der Waals surface area contributed by atoms with Crippen molar-refractivity contribution in [1.82, 2.24) is 9.88 Å². The lowest BCUT2D eigenvalue weighted by Crippen LogP contribution is -2.37. The third-order valence-electron chi connectivity index (χ3n) is 4.47. The Kier molecular flexibility index (Phi) is 6.26. The molecule has 146 valence electrons. The number of esters is 1. The van der Waals surface area contributed by atoms with Crippen molar-refractivity contribution >= 4 is 23.2 Å². The maximum atomic E-state index is 13.0. The van der Waals surface area contributed by atoms with Crippen LogP contribution in [0.2, 0.25) is 0 Å². The van der Waals surface area contributed by atoms with E-state index in [4.69, 9.17) is 9.15 Å². The lowest BCUT2D eigenvalue weighted by Gasteiger charge is -2.22. The molecule has 6 nitrogen and oxygen atoms in total. The summed E-state index contributed by atoms with van der Waals surface area (Å²) in [5.41, 5.74) is 2.62. The zero-order valence-corrected chi connectivity index (χ0v) is 16.9. The molecule has 28 heavy (non-hydrogen) atoms. The molecular weight excluding hydrogens is 376 g/mol. The molecule has 0 radical (unpaired) electrons. The number of aryl methyl sites for hydroxylation is 2. The van der Waals surface area contributed by atoms with Gasteiger partial charge in [-0.2, -0.15) is 0 Å². The summed E-state index contributed by atoms with van der Waals surface area (Å²) in [6, 6.07) is 11.6. The summed E-state index contributed by atoms with van der Waals surface area (Å²) in [6.07, 6.45) is 0.0591. The quantitative estimate of drug-likeness (QED) is 0.567. The Morgan fingerprint density at radius 1 is 1.18 bits per heavy atom. The highest BCUT2D eigenvalue weighted by Crippen LogP contribution is 2.26. The van der Waals surface area contributed by atoms with E-state index in [0.717, 1.165) is 16.0 Å². The Balaban J connectivity index is 1.79. The lowest BCUT2D eigenvalue weighted by molar-refractivity contribution is -0.147. The van der Waals surface area contributed by atoms with E-state index in [0.29, 0.717) is 23.9 Å². The molecule has 1 amide bonds. The van der Waals surface area contributed by atoms with Crippen molar-refractivity contribution in [2.24, 2.45) is 0 Å². The molecule has 7 heteroatoms. The van der Waals surface area contributed by atoms with Gasteiger partial charge in [0.25, 0.3) is 0 Å². The van der Waals surface area contributed by atoms with Crippen LogP contribution in [0.4, 0.5) is 0 Å². The summed E-state index contributed by atoms with van der Waals surface area (Å²) in [7, 11) is 1.31. The van der Waals surface area contributed by atoms with Crippen LogP contribution in [0.5, 0.6) is 0 Å². The average molecular weight is 398 g/mol. The molecule has 0 aliphatic carbocycles. The SMILES string of the molecule is COC(=O)CN(Cc1ccccc1C)C(=O)Cc1nc(-c2cccs2)oc1C. The van der Waals surface area contributed by atoms with Gasteiger partial charge in [-0.1, -0.05) is 30.3 Å². The summed E-state index contributed by atoms with van der Waals surface area (Å²) in [5, 5.41) is 1.94. The lowest BCUT2D eigenvalue weighted by atomic mass is 10.1. The van der Waals surface area contributed by atoms with Crippen molar-refractivity contribution in [2.45, 2.75) is 26.8 Å². The minimum atomic E-state index is -0.460. The molecule has 2 heterocycles. The van der Waals surface area contributed by atoms with Gasteiger partial charge in [-0.15, -0.1) is 11.3 Å². The average Bonchev–Trinajstić information content (AvgIpc) is 3.33. The largest absolute Gasteiger partial charge is 0.468 e. The van der Waals surface area contributed by atoms with Crippen molar-refractivity contribution in [3.05, 3.63) is 64.4 Å². The second-order valence-corrected chi connectivity index (χ2v) is 7.38. The van der Waals surface area contributed by atoms with Crippen LogP contribution in [0.1, 0.15) is 22.6 Å². The second-order valence-electron chi connectivity index (χ2n) is 6.43. The number of nitrogens with zero attached hydrogens (tertiary/aromatic N) is 2. The number of carbonyl (C=O) groups is 2. The van der Waals surface area contributed by atoms with Crippen molar-refractivity contribution in [3.63, 3.8) is 0 Å². The number of hydrogen-bond acceptors (Lipinski definition) is 6. The summed E-state index contributed by atoms with van der Waals surface area (Å²) < 4.78 is 10.5. The Bertz CT molecular complexity index is 963. The Morgan fingerprint density at radius 3 is 2.64 bits per heavy atom. The van der Waals surface area contributed by atoms with Crippen molar-refractivity contribution in [3.8, 4) is 10.8 Å². The smallest absolute Gasteiger partial charge is 0.325 e. The highest BCUT2D eigenvalue weighted by atomic mass is 32.1. The van der Waals surface area contributed by atoms with E-state index in [9.17, 15) is 9.59 Å². The van der Waals surface area contributed by atoms with Gasteiger partial charge in [-0.3, -0.25) is 9.59 Å². The van der Waals surface area contributed by atoms with E-state index >= 15 is 0 Å². The van der Waals surface area contributed by atoms with Gasteiger partial charge >= 0.3 is 5.97 Å². The molecule has 0 atom stereocenters. The molecule has 1 aromatic carbocycles. The van der Waals surface area contributed by atoms with Crippen molar-refractivity contribution < 1.29 is 18.7 Å². The topological polar surface area (TPSA) is 72.6 Å². The third-order valence-corrected chi connectivity index (χ3v) is 5.32. The van der Waals surface area contributed by atoms with Crippen LogP contribution in [0.25, 0.3) is 10.8 Å². The van der Waals surface area contributed by atoms with Crippen molar-refractivity contribution in [1.29, 1.82) is 0 Å². The molecule has 0 aliphatic rings. The van der Waals surface area contributed by atoms with Gasteiger partial charge in [-0.25, -0.2) is 4.98 Å². The van der Waals surface area contributed by atoms with E-state index in [1.807, 2.05) is 48.7 Å². The van der Waals surface area contributed by atoms with Gasteiger partial charge in [-0.05, 0) is 36.4 Å². The van der Waals surface area contributed by atoms with Crippen LogP contribution in [-0.2, 0) is 27.3 Å². The first-order valence-corrected chi connectivity index (χ1v) is 9.75. The molecule has 3 aromatic rings. The summed E-state index contributed by atoms with van der Waals surface area (Å²) in [4.78, 5) is 31.7. The first-order valence-electron chi connectivity index (χ1n) is 8.87. The summed E-state index contributed by atoms with van der Waals surface area (Å²) >= 11 is 1.53. The van der Waals surface area contributed by atoms with Crippen LogP contribution in [0.3, 0.4) is 0 Å². The van der Waals surface area contributed by atoms with Crippen LogP contribution >= 0.6 is 11.3 Å². The zero-order chi connectivity index (χ0) is 20.1. The first kappa shape index (κ1) is 19.8. The highest BCUT2D eigenvalue weighted by molar-refractivity contribution is 7.13. The zero-order valence-electron chi connectivity index (χ0n) is 16.1. The molecule has 3 rings (SSSR count). The Hall–Kier alpha value is -2.93. The van der Waals surface area contributed by atoms with E-state index in [2.05, 4.69) is 4.98 Å². The third kappa shape index (κ3) is 4.67. The van der Waals surface area contributed by atoms with Crippen LogP contribution in [0, 0.1) is 13.8 Å². The standard InChI is InChI=1S/C21H22N2O4S/c1-14-7-4-5-8-16(14)12-23(13-20(25)26-3)19(24)11-17-15(2)27-21(22-17)18-9-6-10-28-18/h4-10H,11-13H2,1-3H3. The summed E-state index contributed by atoms with van der Waals surface area (Å²) in [6.45, 7) is 3.98. The maximum absolute atomic E-state index is 13.0. The second kappa shape index (κ2) is 8.84. The van der Waals surface area contributed by atoms with Crippen LogP contribution < -0.4 is 0 Å². The molecule has 0 fully saturated rings. The van der Waals surface area contributed by atoms with Gasteiger partial charge in [0.2, 0.25) is 11.8 Å². The maximum Gasteiger partial charge on any atom is 0.325 e. The van der Waals surface area contributed by atoms with Gasteiger partial charge in [0.15, 0.2) is 0 Å². The van der Waals surface area contributed by atoms with Crippen LogP contribution in [-0.4, -0.2) is 35.4 Å². The van der Waals surface area contributed by atoms with E-state index in [1.54, 1.807) is 6.92 Å². The molecule has 0 N–H and O–H groups in total. The first-order chi connectivity index (χ1) is 13.5. The Morgan fingerprint density at radius 2 is 1.96 bits per heavy atom. The predicted octanol–water partition coefficient (Wildman–Crippen LogP) is 3.76. The molecule has 0 spiro atoms. The highest BCUT2D eigenvalue weighted by Gasteiger charge is 2.22. The number of oxazole rings is 1. The number of aromatic nitrogens is 1. The van der Waals surface area contributed by atoms with Gasteiger partial charge in [0, 0.05) is 6.54 Å². The van der Waals surface area contributed by atoms with E-state index in [1.165, 1.54) is 23.3 Å². The number of methoxy groups -OCH3 is 1. The number of carbonyl (C=O) groups excluding carboxylic acids is 2. The number of hydrogen-bond donors (Lipinski definition) is 0. The van der Waals surface area contributed by atoms with Gasteiger partial charge < -0.3 is 14.1 Å². The number of rotatable bonds is 7. The van der Waals surface area contributed by atoms with Crippen LogP contribution in [0.15, 0.2) is 46.2 Å².